The van der Waals surface area contributed by atoms with Crippen molar-refractivity contribution in [1.82, 2.24) is 20.3 Å². The van der Waals surface area contributed by atoms with Crippen LogP contribution in [-0.2, 0) is 4.79 Å². The van der Waals surface area contributed by atoms with Crippen LogP contribution in [0.2, 0.25) is 0 Å². The smallest absolute Gasteiger partial charge is 0.322 e. The summed E-state index contributed by atoms with van der Waals surface area (Å²) in [5.74, 6) is 0.110. The van der Waals surface area contributed by atoms with E-state index in [4.69, 9.17) is 10.5 Å². The van der Waals surface area contributed by atoms with Crippen molar-refractivity contribution in [2.24, 2.45) is 0 Å². The normalized spacial score (nSPS) is 9.76. The fourth-order valence-electron chi connectivity index (χ4n) is 1.03. The molecular formula is C9H16N6O2. The molecule has 4 N–H and O–H groups in total. The van der Waals surface area contributed by atoms with Crippen molar-refractivity contribution >= 4 is 17.8 Å². The number of anilines is 2. The third kappa shape index (κ3) is 4.49. The third-order valence-electron chi connectivity index (χ3n) is 1.79. The van der Waals surface area contributed by atoms with Gasteiger partial charge in [0.1, 0.15) is 0 Å². The highest BCUT2D eigenvalue weighted by Gasteiger charge is 2.05. The van der Waals surface area contributed by atoms with Gasteiger partial charge in [-0.2, -0.15) is 15.0 Å². The summed E-state index contributed by atoms with van der Waals surface area (Å²) in [6.07, 6.45) is 0.887. The zero-order chi connectivity index (χ0) is 12.7. The predicted octanol–water partition coefficient (Wildman–Crippen LogP) is -0.599. The van der Waals surface area contributed by atoms with Gasteiger partial charge in [0.15, 0.2) is 0 Å². The number of aromatic nitrogens is 3. The van der Waals surface area contributed by atoms with Crippen LogP contribution in [0.15, 0.2) is 0 Å². The lowest BCUT2D eigenvalue weighted by Crippen LogP contribution is -2.30. The number of carbonyl (C=O) groups excluding carboxylic acids is 1. The molecule has 0 saturated heterocycles. The minimum atomic E-state index is -0.134. The molecular weight excluding hydrogens is 224 g/mol. The van der Waals surface area contributed by atoms with Gasteiger partial charge in [-0.15, -0.1) is 0 Å². The first kappa shape index (κ1) is 12.9. The zero-order valence-corrected chi connectivity index (χ0v) is 9.86. The topological polar surface area (TPSA) is 115 Å². The second-order valence-corrected chi connectivity index (χ2v) is 3.21. The Morgan fingerprint density at radius 2 is 2.18 bits per heavy atom. The number of carbonyl (C=O) groups is 1. The largest absolute Gasteiger partial charge is 0.467 e. The van der Waals surface area contributed by atoms with Crippen molar-refractivity contribution in [3.63, 3.8) is 0 Å². The minimum Gasteiger partial charge on any atom is -0.467 e. The number of hydrogen-bond donors (Lipinski definition) is 3. The van der Waals surface area contributed by atoms with E-state index in [0.29, 0.717) is 6.54 Å². The second kappa shape index (κ2) is 6.46. The minimum absolute atomic E-state index is 0.0355. The van der Waals surface area contributed by atoms with E-state index < -0.39 is 0 Å². The number of methoxy groups -OCH3 is 1. The van der Waals surface area contributed by atoms with Gasteiger partial charge in [0, 0.05) is 6.54 Å². The Labute approximate surface area is 99.0 Å². The van der Waals surface area contributed by atoms with Crippen LogP contribution in [0.5, 0.6) is 6.01 Å². The molecule has 0 radical (unpaired) electrons. The molecule has 1 heterocycles. The summed E-state index contributed by atoms with van der Waals surface area (Å²) >= 11 is 0. The molecule has 0 aliphatic heterocycles. The third-order valence-corrected chi connectivity index (χ3v) is 1.79. The number of hydrogen-bond acceptors (Lipinski definition) is 7. The number of nitrogens with two attached hydrogens (primary N) is 1. The number of nitrogen functional groups attached to an aromatic ring is 1. The number of nitrogens with zero attached hydrogens (tertiary/aromatic N) is 3. The van der Waals surface area contributed by atoms with Gasteiger partial charge in [0.05, 0.1) is 13.7 Å². The zero-order valence-electron chi connectivity index (χ0n) is 9.86. The van der Waals surface area contributed by atoms with E-state index in [0.717, 1.165) is 6.42 Å². The number of ether oxygens (including phenoxy) is 1. The molecule has 17 heavy (non-hydrogen) atoms. The Morgan fingerprint density at radius 3 is 2.82 bits per heavy atom. The van der Waals surface area contributed by atoms with E-state index in [1.165, 1.54) is 7.11 Å². The van der Waals surface area contributed by atoms with Gasteiger partial charge in [-0.05, 0) is 6.42 Å². The van der Waals surface area contributed by atoms with Gasteiger partial charge in [-0.25, -0.2) is 0 Å². The molecule has 0 atom stereocenters. The summed E-state index contributed by atoms with van der Waals surface area (Å²) in [4.78, 5) is 22.7. The summed E-state index contributed by atoms with van der Waals surface area (Å²) in [5.41, 5.74) is 5.44. The number of rotatable bonds is 6. The lowest BCUT2D eigenvalue weighted by atomic mass is 10.4. The first-order valence-corrected chi connectivity index (χ1v) is 5.21. The second-order valence-electron chi connectivity index (χ2n) is 3.21. The van der Waals surface area contributed by atoms with Crippen LogP contribution in [0, 0.1) is 0 Å². The maximum absolute atomic E-state index is 11.3. The Balaban J connectivity index is 2.51. The number of nitrogens with one attached hydrogen (secondary N) is 2. The molecule has 0 spiro atoms. The molecule has 0 aliphatic carbocycles. The van der Waals surface area contributed by atoms with Crippen LogP contribution < -0.4 is 21.1 Å². The van der Waals surface area contributed by atoms with Gasteiger partial charge in [-0.1, -0.05) is 6.92 Å². The molecule has 0 fully saturated rings. The lowest BCUT2D eigenvalue weighted by Gasteiger charge is -2.06. The van der Waals surface area contributed by atoms with Crippen molar-refractivity contribution in [2.45, 2.75) is 13.3 Å². The van der Waals surface area contributed by atoms with E-state index in [-0.39, 0.29) is 30.4 Å². The van der Waals surface area contributed by atoms with Crippen LogP contribution in [0.4, 0.5) is 11.9 Å². The number of amides is 1. The van der Waals surface area contributed by atoms with E-state index in [2.05, 4.69) is 25.6 Å². The summed E-state index contributed by atoms with van der Waals surface area (Å²) in [7, 11) is 1.42. The van der Waals surface area contributed by atoms with E-state index in [9.17, 15) is 4.79 Å². The molecule has 0 bridgehead atoms. The highest BCUT2D eigenvalue weighted by molar-refractivity contribution is 5.80. The quantitative estimate of drug-likeness (QED) is 0.608. The summed E-state index contributed by atoms with van der Waals surface area (Å²) < 4.78 is 4.82. The highest BCUT2D eigenvalue weighted by atomic mass is 16.5. The first-order chi connectivity index (χ1) is 8.15. The SMILES string of the molecule is CCCNC(=O)CNc1nc(N)nc(OC)n1. The van der Waals surface area contributed by atoms with E-state index in [1.807, 2.05) is 6.92 Å². The molecule has 1 amide bonds. The van der Waals surface area contributed by atoms with E-state index >= 15 is 0 Å². The Kier molecular flexibility index (Phi) is 4.92. The Morgan fingerprint density at radius 1 is 1.41 bits per heavy atom. The van der Waals surface area contributed by atoms with E-state index in [1.54, 1.807) is 0 Å². The molecule has 0 unspecified atom stereocenters. The monoisotopic (exact) mass is 240 g/mol. The van der Waals surface area contributed by atoms with Crippen LogP contribution >= 0.6 is 0 Å². The molecule has 94 valence electrons. The molecule has 0 aliphatic rings. The summed E-state index contributed by atoms with van der Waals surface area (Å²) in [6.45, 7) is 2.70. The van der Waals surface area contributed by atoms with Crippen LogP contribution in [-0.4, -0.2) is 41.1 Å². The molecule has 0 aromatic carbocycles. The fraction of sp³-hybridized carbons (Fsp3) is 0.556. The van der Waals surface area contributed by atoms with Crippen LogP contribution in [0.3, 0.4) is 0 Å². The molecule has 1 rings (SSSR count). The molecule has 0 saturated carbocycles. The predicted molar refractivity (Wildman–Crippen MR) is 62.6 cm³/mol. The van der Waals surface area contributed by atoms with Crippen molar-refractivity contribution in [2.75, 3.05) is 31.2 Å². The maximum atomic E-state index is 11.3. The van der Waals surface area contributed by atoms with Gasteiger partial charge >= 0.3 is 6.01 Å². The average molecular weight is 240 g/mol. The van der Waals surface area contributed by atoms with Gasteiger partial charge in [0.25, 0.3) is 0 Å². The van der Waals surface area contributed by atoms with Gasteiger partial charge in [0.2, 0.25) is 17.8 Å². The maximum Gasteiger partial charge on any atom is 0.322 e. The standard InChI is InChI=1S/C9H16N6O2/c1-3-4-11-6(16)5-12-8-13-7(10)14-9(15-8)17-2/h3-5H2,1-2H3,(H,11,16)(H3,10,12,13,14,15). The molecule has 1 aromatic heterocycles. The Hall–Kier alpha value is -2.12. The van der Waals surface area contributed by atoms with Gasteiger partial charge < -0.3 is 21.1 Å². The fourth-order valence-corrected chi connectivity index (χ4v) is 1.03. The van der Waals surface area contributed by atoms with Crippen molar-refractivity contribution in [3.8, 4) is 6.01 Å². The first-order valence-electron chi connectivity index (χ1n) is 5.21. The van der Waals surface area contributed by atoms with Crippen LogP contribution in [0.1, 0.15) is 13.3 Å². The summed E-state index contributed by atoms with van der Waals surface area (Å²) in [5, 5.41) is 5.45. The molecule has 8 nitrogen and oxygen atoms in total. The average Bonchev–Trinajstić information content (AvgIpc) is 2.33. The molecule has 1 aromatic rings. The highest BCUT2D eigenvalue weighted by Crippen LogP contribution is 2.07. The molecule has 8 heteroatoms. The van der Waals surface area contributed by atoms with Crippen molar-refractivity contribution in [1.29, 1.82) is 0 Å². The van der Waals surface area contributed by atoms with Gasteiger partial charge in [-0.3, -0.25) is 4.79 Å². The Bertz CT molecular complexity index is 384. The summed E-state index contributed by atoms with van der Waals surface area (Å²) in [6, 6.07) is 0.106. The van der Waals surface area contributed by atoms with Crippen molar-refractivity contribution < 1.29 is 9.53 Å². The van der Waals surface area contributed by atoms with Crippen molar-refractivity contribution in [3.05, 3.63) is 0 Å². The lowest BCUT2D eigenvalue weighted by molar-refractivity contribution is -0.119. The van der Waals surface area contributed by atoms with Crippen LogP contribution in [0.25, 0.3) is 0 Å².